The molecule has 2 atom stereocenters. The lowest BCUT2D eigenvalue weighted by Gasteiger charge is -2.22. The number of rotatable bonds is 9. The number of carboxylic acid groups (broad SMARTS) is 1. The van der Waals surface area contributed by atoms with Gasteiger partial charge >= 0.3 is 5.97 Å². The lowest BCUT2D eigenvalue weighted by molar-refractivity contribution is -0.143. The van der Waals surface area contributed by atoms with Crippen LogP contribution >= 0.6 is 0 Å². The van der Waals surface area contributed by atoms with Crippen molar-refractivity contribution in [3.63, 3.8) is 0 Å². The van der Waals surface area contributed by atoms with Crippen molar-refractivity contribution in [2.75, 3.05) is 6.61 Å². The number of hydrogen-bond acceptors (Lipinski definition) is 5. The third-order valence-corrected chi connectivity index (χ3v) is 5.66. The van der Waals surface area contributed by atoms with Crippen LogP contribution in [0.15, 0.2) is 66.7 Å². The molecule has 4 rings (SSSR count). The van der Waals surface area contributed by atoms with E-state index in [1.165, 1.54) is 6.07 Å². The molecule has 0 bridgehead atoms. The fraction of sp³-hybridized carbons (Fsp3) is 0.200. The number of aromatic nitrogens is 3. The zero-order chi connectivity index (χ0) is 24.1. The van der Waals surface area contributed by atoms with Crippen LogP contribution < -0.4 is 5.32 Å². The van der Waals surface area contributed by atoms with Gasteiger partial charge in [0, 0.05) is 11.6 Å². The van der Waals surface area contributed by atoms with Crippen LogP contribution in [0.5, 0.6) is 0 Å². The van der Waals surface area contributed by atoms with E-state index in [1.54, 1.807) is 0 Å². The van der Waals surface area contributed by atoms with E-state index in [0.717, 1.165) is 22.8 Å². The van der Waals surface area contributed by atoms with Crippen LogP contribution in [0.4, 0.5) is 4.39 Å². The molecule has 0 aliphatic carbocycles. The van der Waals surface area contributed by atoms with Gasteiger partial charge in [0.15, 0.2) is 5.82 Å². The maximum absolute atomic E-state index is 14.3. The van der Waals surface area contributed by atoms with Crippen molar-refractivity contribution in [3.05, 3.63) is 83.7 Å². The topological polar surface area (TPSA) is 128 Å². The zero-order valence-electron chi connectivity index (χ0n) is 18.1. The molecule has 0 spiro atoms. The summed E-state index contributed by atoms with van der Waals surface area (Å²) < 4.78 is 14.3. The van der Waals surface area contributed by atoms with Crippen molar-refractivity contribution in [1.29, 1.82) is 0 Å². The molecule has 0 saturated heterocycles. The smallest absolute Gasteiger partial charge is 0.308 e. The summed E-state index contributed by atoms with van der Waals surface area (Å²) in [4.78, 5) is 24.4. The number of fused-ring (bicyclic) bond motifs is 1. The number of benzene rings is 3. The van der Waals surface area contributed by atoms with Gasteiger partial charge < -0.3 is 15.5 Å². The molecule has 1 heterocycles. The Labute approximate surface area is 194 Å². The van der Waals surface area contributed by atoms with E-state index < -0.39 is 36.3 Å². The third-order valence-electron chi connectivity index (χ3n) is 5.66. The highest BCUT2D eigenvalue weighted by Crippen LogP contribution is 2.21. The molecule has 8 nitrogen and oxygen atoms in total. The van der Waals surface area contributed by atoms with E-state index in [-0.39, 0.29) is 23.0 Å². The molecule has 0 fully saturated rings. The molecule has 9 heteroatoms. The number of amides is 1. The standard InChI is InChI=1S/C25H23FN4O4/c26-21-12-18(13-22-23(21)29-30-28-22)24(32)27-20(11-19(14-31)25(33)34)10-15-6-8-17(9-7-15)16-4-2-1-3-5-16/h1-9,12-13,19-20,31H,10-11,14H2,(H,27,32)(H,33,34)(H,28,29,30). The molecule has 4 N–H and O–H groups in total. The minimum atomic E-state index is -1.16. The lowest BCUT2D eigenvalue weighted by atomic mass is 9.94. The molecule has 4 aromatic rings. The number of nitrogens with zero attached hydrogens (tertiary/aromatic N) is 2. The van der Waals surface area contributed by atoms with Crippen LogP contribution in [-0.2, 0) is 11.2 Å². The molecule has 174 valence electrons. The van der Waals surface area contributed by atoms with E-state index in [4.69, 9.17) is 0 Å². The summed E-state index contributed by atoms with van der Waals surface area (Å²) in [5.41, 5.74) is 3.33. The minimum absolute atomic E-state index is 0.00828. The highest BCUT2D eigenvalue weighted by atomic mass is 19.1. The molecule has 0 saturated carbocycles. The van der Waals surface area contributed by atoms with Crippen molar-refractivity contribution < 1.29 is 24.2 Å². The fourth-order valence-corrected chi connectivity index (χ4v) is 3.85. The Hall–Kier alpha value is -4.11. The number of nitrogens with one attached hydrogen (secondary N) is 2. The Morgan fingerprint density at radius 1 is 1.03 bits per heavy atom. The van der Waals surface area contributed by atoms with Gasteiger partial charge in [-0.05, 0) is 41.7 Å². The Morgan fingerprint density at radius 2 is 1.74 bits per heavy atom. The van der Waals surface area contributed by atoms with Crippen LogP contribution in [-0.4, -0.2) is 50.1 Å². The number of carbonyl (C=O) groups is 2. The molecule has 1 aromatic heterocycles. The Bertz CT molecular complexity index is 1290. The summed E-state index contributed by atoms with van der Waals surface area (Å²) >= 11 is 0. The van der Waals surface area contributed by atoms with Crippen molar-refractivity contribution in [2.24, 2.45) is 5.92 Å². The Balaban J connectivity index is 1.54. The number of hydrogen-bond donors (Lipinski definition) is 4. The first-order valence-corrected chi connectivity index (χ1v) is 10.7. The van der Waals surface area contributed by atoms with Crippen molar-refractivity contribution in [2.45, 2.75) is 18.9 Å². The Kier molecular flexibility index (Phi) is 6.93. The van der Waals surface area contributed by atoms with Gasteiger partial charge in [-0.3, -0.25) is 14.7 Å². The number of aliphatic hydroxyl groups excluding tert-OH is 1. The molecule has 0 aliphatic heterocycles. The van der Waals surface area contributed by atoms with E-state index in [2.05, 4.69) is 20.7 Å². The number of aromatic amines is 1. The van der Waals surface area contributed by atoms with Crippen LogP contribution in [0.2, 0.25) is 0 Å². The third kappa shape index (κ3) is 5.26. The quantitative estimate of drug-likeness (QED) is 0.302. The molecule has 1 amide bonds. The first kappa shape index (κ1) is 23.1. The minimum Gasteiger partial charge on any atom is -0.481 e. The van der Waals surface area contributed by atoms with Gasteiger partial charge in [0.05, 0.1) is 18.0 Å². The van der Waals surface area contributed by atoms with Gasteiger partial charge in [0.1, 0.15) is 5.52 Å². The van der Waals surface area contributed by atoms with E-state index in [9.17, 15) is 24.2 Å². The highest BCUT2D eigenvalue weighted by molar-refractivity contribution is 5.97. The normalized spacial score (nSPS) is 12.9. The molecular formula is C25H23FN4O4. The second-order valence-electron chi connectivity index (χ2n) is 8.06. The monoisotopic (exact) mass is 462 g/mol. The summed E-state index contributed by atoms with van der Waals surface area (Å²) in [5, 5.41) is 31.4. The number of halogens is 1. The van der Waals surface area contributed by atoms with E-state index >= 15 is 0 Å². The molecule has 2 unspecified atom stereocenters. The highest BCUT2D eigenvalue weighted by Gasteiger charge is 2.24. The van der Waals surface area contributed by atoms with Crippen molar-refractivity contribution >= 4 is 22.9 Å². The fourth-order valence-electron chi connectivity index (χ4n) is 3.85. The molecule has 0 aliphatic rings. The summed E-state index contributed by atoms with van der Waals surface area (Å²) in [6.07, 6.45) is 0.343. The SMILES string of the molecule is O=C(NC(Cc1ccc(-c2ccccc2)cc1)CC(CO)C(=O)O)c1cc(F)c2nn[nH]c2c1. The predicted octanol–water partition coefficient (Wildman–Crippen LogP) is 3.19. The van der Waals surface area contributed by atoms with Gasteiger partial charge in [0.25, 0.3) is 5.91 Å². The average molecular weight is 462 g/mol. The second kappa shape index (κ2) is 10.2. The zero-order valence-corrected chi connectivity index (χ0v) is 18.1. The molecular weight excluding hydrogens is 439 g/mol. The number of aliphatic hydroxyl groups is 1. The van der Waals surface area contributed by atoms with Crippen LogP contribution in [0, 0.1) is 11.7 Å². The maximum Gasteiger partial charge on any atom is 0.308 e. The van der Waals surface area contributed by atoms with Crippen molar-refractivity contribution in [3.8, 4) is 11.1 Å². The number of carbonyl (C=O) groups excluding carboxylic acids is 1. The van der Waals surface area contributed by atoms with Crippen LogP contribution in [0.25, 0.3) is 22.2 Å². The summed E-state index contributed by atoms with van der Waals surface area (Å²) in [6.45, 7) is -0.560. The van der Waals surface area contributed by atoms with Gasteiger partial charge in [0.2, 0.25) is 0 Å². The van der Waals surface area contributed by atoms with Crippen LogP contribution in [0.3, 0.4) is 0 Å². The van der Waals surface area contributed by atoms with Crippen molar-refractivity contribution in [1.82, 2.24) is 20.7 Å². The first-order chi connectivity index (χ1) is 16.4. The van der Waals surface area contributed by atoms with Gasteiger partial charge in [-0.25, -0.2) is 4.39 Å². The predicted molar refractivity (Wildman–Crippen MR) is 124 cm³/mol. The number of carboxylic acids is 1. The molecule has 0 radical (unpaired) electrons. The van der Waals surface area contributed by atoms with E-state index in [1.807, 2.05) is 54.6 Å². The molecule has 34 heavy (non-hydrogen) atoms. The number of aliphatic carboxylic acids is 1. The largest absolute Gasteiger partial charge is 0.481 e. The average Bonchev–Trinajstić information content (AvgIpc) is 3.32. The summed E-state index contributed by atoms with van der Waals surface area (Å²) in [7, 11) is 0. The van der Waals surface area contributed by atoms with Gasteiger partial charge in [-0.15, -0.1) is 5.10 Å². The van der Waals surface area contributed by atoms with E-state index in [0.29, 0.717) is 6.42 Å². The second-order valence-corrected chi connectivity index (χ2v) is 8.06. The maximum atomic E-state index is 14.3. The van der Waals surface area contributed by atoms with Gasteiger partial charge in [-0.1, -0.05) is 59.8 Å². The van der Waals surface area contributed by atoms with Crippen LogP contribution in [0.1, 0.15) is 22.3 Å². The van der Waals surface area contributed by atoms with Gasteiger partial charge in [-0.2, -0.15) is 0 Å². The summed E-state index contributed by atoms with van der Waals surface area (Å²) in [6, 6.07) is 19.5. The first-order valence-electron chi connectivity index (χ1n) is 10.7. The Morgan fingerprint density at radius 3 is 2.41 bits per heavy atom. The molecule has 3 aromatic carbocycles. The number of H-pyrrole nitrogens is 1. The summed E-state index contributed by atoms with van der Waals surface area (Å²) in [5.74, 6) is -3.46. The lowest BCUT2D eigenvalue weighted by Crippen LogP contribution is -2.39.